The second-order valence-electron chi connectivity index (χ2n) is 2.26. The Morgan fingerprint density at radius 1 is 1.83 bits per heavy atom. The van der Waals surface area contributed by atoms with Crippen molar-refractivity contribution in [3.8, 4) is 0 Å². The fraction of sp³-hybridized carbons (Fsp3) is 0.286. The minimum atomic E-state index is -0.930. The molecule has 1 N–H and O–H groups in total. The minimum absolute atomic E-state index is 0.346. The maximum absolute atomic E-state index is 10.7. The molecule has 0 fully saturated rings. The molecule has 1 atom stereocenters. The van der Waals surface area contributed by atoms with Gasteiger partial charge in [0.25, 0.3) is 0 Å². The lowest BCUT2D eigenvalue weighted by Crippen LogP contribution is -2.18. The van der Waals surface area contributed by atoms with Crippen molar-refractivity contribution in [3.63, 3.8) is 0 Å². The van der Waals surface area contributed by atoms with Gasteiger partial charge in [0.15, 0.2) is 6.04 Å². The van der Waals surface area contributed by atoms with Crippen LogP contribution in [0, 0.1) is 0 Å². The highest BCUT2D eigenvalue weighted by molar-refractivity contribution is 5.71. The number of aromatic nitrogens is 3. The standard InChI is InChI=1S/C7H9N3O2/c1-2-3-6(7(11)12)10-5-4-8-9-10/h2,4-6H,1,3H2,(H,11,12). The summed E-state index contributed by atoms with van der Waals surface area (Å²) in [6.07, 6.45) is 4.85. The highest BCUT2D eigenvalue weighted by Gasteiger charge is 2.17. The van der Waals surface area contributed by atoms with Gasteiger partial charge in [0.05, 0.1) is 6.20 Å². The molecule has 1 rings (SSSR count). The fourth-order valence-corrected chi connectivity index (χ4v) is 0.863. The Bertz CT molecular complexity index is 268. The molecule has 1 heterocycles. The predicted molar refractivity (Wildman–Crippen MR) is 41.5 cm³/mol. The van der Waals surface area contributed by atoms with E-state index in [9.17, 15) is 4.79 Å². The topological polar surface area (TPSA) is 68.0 Å². The zero-order valence-corrected chi connectivity index (χ0v) is 6.42. The molecule has 1 aromatic heterocycles. The number of hydrogen-bond donors (Lipinski definition) is 1. The molecule has 1 aromatic rings. The van der Waals surface area contributed by atoms with Crippen molar-refractivity contribution in [2.45, 2.75) is 12.5 Å². The van der Waals surface area contributed by atoms with Crippen LogP contribution in [0.25, 0.3) is 0 Å². The van der Waals surface area contributed by atoms with Crippen molar-refractivity contribution in [2.24, 2.45) is 0 Å². The largest absolute Gasteiger partial charge is 0.480 e. The van der Waals surface area contributed by atoms with Crippen molar-refractivity contribution in [1.82, 2.24) is 15.0 Å². The van der Waals surface area contributed by atoms with Gasteiger partial charge < -0.3 is 5.11 Å². The summed E-state index contributed by atoms with van der Waals surface area (Å²) in [5.41, 5.74) is 0. The van der Waals surface area contributed by atoms with Crippen LogP contribution in [0.3, 0.4) is 0 Å². The van der Waals surface area contributed by atoms with Crippen LogP contribution in [0.15, 0.2) is 25.0 Å². The van der Waals surface area contributed by atoms with Crippen molar-refractivity contribution in [2.75, 3.05) is 0 Å². The first-order valence-corrected chi connectivity index (χ1v) is 3.45. The SMILES string of the molecule is C=CCC(C(=O)O)n1ccnn1. The van der Waals surface area contributed by atoms with E-state index in [4.69, 9.17) is 5.11 Å². The molecule has 0 aliphatic heterocycles. The van der Waals surface area contributed by atoms with Crippen molar-refractivity contribution in [1.29, 1.82) is 0 Å². The number of allylic oxidation sites excluding steroid dienone is 1. The van der Waals surface area contributed by atoms with E-state index in [-0.39, 0.29) is 0 Å². The van der Waals surface area contributed by atoms with Crippen LogP contribution >= 0.6 is 0 Å². The normalized spacial score (nSPS) is 12.3. The number of carbonyl (C=O) groups is 1. The van der Waals surface area contributed by atoms with Crippen LogP contribution in [0.4, 0.5) is 0 Å². The van der Waals surface area contributed by atoms with Crippen molar-refractivity contribution in [3.05, 3.63) is 25.0 Å². The number of carboxylic acid groups (broad SMARTS) is 1. The van der Waals surface area contributed by atoms with E-state index in [1.807, 2.05) is 0 Å². The van der Waals surface area contributed by atoms with Gasteiger partial charge in [-0.3, -0.25) is 0 Å². The summed E-state index contributed by atoms with van der Waals surface area (Å²) in [5.74, 6) is -0.930. The molecule has 0 amide bonds. The second kappa shape index (κ2) is 3.66. The summed E-state index contributed by atoms with van der Waals surface area (Å²) < 4.78 is 1.30. The van der Waals surface area contributed by atoms with E-state index < -0.39 is 12.0 Å². The molecule has 0 bridgehead atoms. The van der Waals surface area contributed by atoms with Crippen molar-refractivity contribution < 1.29 is 9.90 Å². The summed E-state index contributed by atoms with van der Waals surface area (Å²) in [6, 6.07) is -0.690. The Morgan fingerprint density at radius 3 is 3.00 bits per heavy atom. The molecule has 1 unspecified atom stereocenters. The second-order valence-corrected chi connectivity index (χ2v) is 2.26. The number of rotatable bonds is 4. The lowest BCUT2D eigenvalue weighted by atomic mass is 10.2. The van der Waals surface area contributed by atoms with E-state index in [1.54, 1.807) is 6.08 Å². The predicted octanol–water partition coefficient (Wildman–Crippen LogP) is 0.480. The lowest BCUT2D eigenvalue weighted by Gasteiger charge is -2.08. The number of nitrogens with zero attached hydrogens (tertiary/aromatic N) is 3. The molecule has 0 saturated carbocycles. The first-order valence-electron chi connectivity index (χ1n) is 3.45. The third kappa shape index (κ3) is 1.69. The number of aliphatic carboxylic acids is 1. The summed E-state index contributed by atoms with van der Waals surface area (Å²) in [5, 5.41) is 15.9. The van der Waals surface area contributed by atoms with Gasteiger partial charge in [-0.05, 0) is 6.42 Å². The van der Waals surface area contributed by atoms with Crippen LogP contribution in [0.2, 0.25) is 0 Å². The molecule has 0 aliphatic rings. The fourth-order valence-electron chi connectivity index (χ4n) is 0.863. The van der Waals surface area contributed by atoms with Gasteiger partial charge in [-0.15, -0.1) is 11.7 Å². The van der Waals surface area contributed by atoms with Gasteiger partial charge in [0.2, 0.25) is 0 Å². The Kier molecular flexibility index (Phi) is 2.57. The first-order chi connectivity index (χ1) is 5.75. The molecule has 5 heteroatoms. The molecule has 0 radical (unpaired) electrons. The van der Waals surface area contributed by atoms with Crippen LogP contribution in [-0.4, -0.2) is 26.1 Å². The minimum Gasteiger partial charge on any atom is -0.480 e. The van der Waals surface area contributed by atoms with Crippen LogP contribution in [-0.2, 0) is 4.79 Å². The highest BCUT2D eigenvalue weighted by atomic mass is 16.4. The molecule has 0 aliphatic carbocycles. The molecule has 0 spiro atoms. The smallest absolute Gasteiger partial charge is 0.328 e. The molecular formula is C7H9N3O2. The third-order valence-corrected chi connectivity index (χ3v) is 1.44. The third-order valence-electron chi connectivity index (χ3n) is 1.44. The summed E-state index contributed by atoms with van der Waals surface area (Å²) in [6.45, 7) is 3.47. The summed E-state index contributed by atoms with van der Waals surface area (Å²) in [7, 11) is 0. The van der Waals surface area contributed by atoms with Gasteiger partial charge in [-0.25, -0.2) is 9.48 Å². The van der Waals surface area contributed by atoms with E-state index in [0.717, 1.165) is 0 Å². The van der Waals surface area contributed by atoms with Crippen LogP contribution in [0.1, 0.15) is 12.5 Å². The molecular weight excluding hydrogens is 158 g/mol. The maximum atomic E-state index is 10.7. The Hall–Kier alpha value is -1.65. The van der Waals surface area contributed by atoms with Gasteiger partial charge in [-0.1, -0.05) is 11.3 Å². The zero-order valence-electron chi connectivity index (χ0n) is 6.42. The Labute approximate surface area is 69.3 Å². The molecule has 12 heavy (non-hydrogen) atoms. The van der Waals surface area contributed by atoms with E-state index in [0.29, 0.717) is 6.42 Å². The molecule has 5 nitrogen and oxygen atoms in total. The average Bonchev–Trinajstić information content (AvgIpc) is 2.51. The summed E-state index contributed by atoms with van der Waals surface area (Å²) in [4.78, 5) is 10.7. The van der Waals surface area contributed by atoms with Gasteiger partial charge in [0, 0.05) is 6.20 Å². The van der Waals surface area contributed by atoms with E-state index in [1.165, 1.54) is 17.1 Å². The lowest BCUT2D eigenvalue weighted by molar-refractivity contribution is -0.141. The number of carboxylic acids is 1. The summed E-state index contributed by atoms with van der Waals surface area (Å²) >= 11 is 0. The monoisotopic (exact) mass is 167 g/mol. The van der Waals surface area contributed by atoms with Gasteiger partial charge >= 0.3 is 5.97 Å². The molecule has 0 saturated heterocycles. The molecule has 0 aromatic carbocycles. The van der Waals surface area contributed by atoms with Gasteiger partial charge in [0.1, 0.15) is 0 Å². The quantitative estimate of drug-likeness (QED) is 0.662. The van der Waals surface area contributed by atoms with Gasteiger partial charge in [-0.2, -0.15) is 0 Å². The van der Waals surface area contributed by atoms with E-state index >= 15 is 0 Å². The Morgan fingerprint density at radius 2 is 2.58 bits per heavy atom. The van der Waals surface area contributed by atoms with E-state index in [2.05, 4.69) is 16.9 Å². The molecule has 64 valence electrons. The zero-order chi connectivity index (χ0) is 8.97. The highest BCUT2D eigenvalue weighted by Crippen LogP contribution is 2.09. The number of hydrogen-bond acceptors (Lipinski definition) is 3. The maximum Gasteiger partial charge on any atom is 0.328 e. The van der Waals surface area contributed by atoms with Crippen LogP contribution in [0.5, 0.6) is 0 Å². The average molecular weight is 167 g/mol. The van der Waals surface area contributed by atoms with Crippen LogP contribution < -0.4 is 0 Å². The van der Waals surface area contributed by atoms with Crippen molar-refractivity contribution >= 4 is 5.97 Å². The Balaban J connectivity index is 2.80. The first kappa shape index (κ1) is 8.45.